The Morgan fingerprint density at radius 1 is 0.900 bits per heavy atom. The van der Waals surface area contributed by atoms with Crippen molar-refractivity contribution in [1.29, 1.82) is 0 Å². The molecular formula is C28H27N5O6S. The van der Waals surface area contributed by atoms with Crippen molar-refractivity contribution < 1.29 is 28.5 Å². The zero-order chi connectivity index (χ0) is 28.5. The largest absolute Gasteiger partial charge is 0.493 e. The normalized spacial score (nSPS) is 10.8. The summed E-state index contributed by atoms with van der Waals surface area (Å²) in [6, 6.07) is 20.0. The number of hydrogen-bond donors (Lipinski definition) is 1. The van der Waals surface area contributed by atoms with Gasteiger partial charge in [0.1, 0.15) is 0 Å². The summed E-state index contributed by atoms with van der Waals surface area (Å²) in [5, 5.41) is 13.3. The predicted octanol–water partition coefficient (Wildman–Crippen LogP) is 4.13. The van der Waals surface area contributed by atoms with Crippen molar-refractivity contribution in [3.8, 4) is 40.1 Å². The Bertz CT molecular complexity index is 1520. The molecule has 0 radical (unpaired) electrons. The van der Waals surface area contributed by atoms with E-state index < -0.39 is 5.97 Å². The molecule has 0 spiro atoms. The van der Waals surface area contributed by atoms with Gasteiger partial charge in [0.15, 0.2) is 34.0 Å². The highest BCUT2D eigenvalue weighted by molar-refractivity contribution is 7.99. The first-order valence-corrected chi connectivity index (χ1v) is 13.0. The van der Waals surface area contributed by atoms with Gasteiger partial charge in [0.05, 0.1) is 33.3 Å². The Kier molecular flexibility index (Phi) is 9.36. The molecule has 11 nitrogen and oxygen atoms in total. The number of nitrogens with zero attached hydrogens (tertiary/aromatic N) is 4. The maximum absolute atomic E-state index is 12.6. The quantitative estimate of drug-likeness (QED) is 0.0946. The first-order valence-electron chi connectivity index (χ1n) is 12.0. The van der Waals surface area contributed by atoms with Gasteiger partial charge in [-0.15, -0.1) is 10.2 Å². The molecule has 1 amide bonds. The van der Waals surface area contributed by atoms with Crippen molar-refractivity contribution in [3.05, 3.63) is 72.3 Å². The van der Waals surface area contributed by atoms with E-state index in [1.54, 1.807) is 38.5 Å². The average Bonchev–Trinajstić information content (AvgIpc) is 3.40. The lowest BCUT2D eigenvalue weighted by Crippen LogP contribution is -2.20. The van der Waals surface area contributed by atoms with Gasteiger partial charge < -0.3 is 18.9 Å². The molecule has 0 bridgehead atoms. The topological polar surface area (TPSA) is 126 Å². The number of aromatic nitrogens is 3. The lowest BCUT2D eigenvalue weighted by atomic mass is 10.2. The first-order chi connectivity index (χ1) is 19.4. The summed E-state index contributed by atoms with van der Waals surface area (Å²) < 4.78 is 23.0. The molecule has 0 aliphatic carbocycles. The smallest absolute Gasteiger partial charge is 0.308 e. The van der Waals surface area contributed by atoms with Crippen LogP contribution < -0.4 is 24.4 Å². The van der Waals surface area contributed by atoms with Crippen LogP contribution in [0.25, 0.3) is 17.1 Å². The van der Waals surface area contributed by atoms with Gasteiger partial charge in [-0.1, -0.05) is 30.0 Å². The van der Waals surface area contributed by atoms with Gasteiger partial charge in [0, 0.05) is 18.2 Å². The van der Waals surface area contributed by atoms with E-state index in [2.05, 4.69) is 20.7 Å². The van der Waals surface area contributed by atoms with Crippen LogP contribution in [-0.4, -0.2) is 59.9 Å². The molecule has 0 aliphatic rings. The highest BCUT2D eigenvalue weighted by atomic mass is 32.2. The molecule has 1 N–H and O–H groups in total. The third-order valence-electron chi connectivity index (χ3n) is 5.47. The van der Waals surface area contributed by atoms with E-state index in [-0.39, 0.29) is 11.7 Å². The molecular weight excluding hydrogens is 534 g/mol. The molecule has 1 aromatic heterocycles. The maximum atomic E-state index is 12.6. The van der Waals surface area contributed by atoms with E-state index in [1.165, 1.54) is 32.0 Å². The second kappa shape index (κ2) is 13.3. The highest BCUT2D eigenvalue weighted by Crippen LogP contribution is 2.34. The van der Waals surface area contributed by atoms with Crippen LogP contribution in [0, 0.1) is 0 Å². The zero-order valence-corrected chi connectivity index (χ0v) is 23.1. The van der Waals surface area contributed by atoms with E-state index in [9.17, 15) is 9.59 Å². The number of ether oxygens (including phenoxy) is 4. The van der Waals surface area contributed by atoms with Crippen LogP contribution in [0.3, 0.4) is 0 Å². The number of hydrogen-bond acceptors (Lipinski definition) is 10. The maximum Gasteiger partial charge on any atom is 0.308 e. The van der Waals surface area contributed by atoms with Crippen molar-refractivity contribution in [2.24, 2.45) is 5.10 Å². The lowest BCUT2D eigenvalue weighted by Gasteiger charge is -2.12. The summed E-state index contributed by atoms with van der Waals surface area (Å²) in [5.74, 6) is 1.66. The number of esters is 1. The number of amides is 1. The molecule has 3 aromatic carbocycles. The minimum Gasteiger partial charge on any atom is -0.493 e. The van der Waals surface area contributed by atoms with Crippen LogP contribution in [0.5, 0.6) is 23.0 Å². The minimum atomic E-state index is -0.455. The molecule has 40 heavy (non-hydrogen) atoms. The van der Waals surface area contributed by atoms with Crippen molar-refractivity contribution in [1.82, 2.24) is 20.2 Å². The number of benzene rings is 3. The van der Waals surface area contributed by atoms with Gasteiger partial charge in [0.2, 0.25) is 0 Å². The Morgan fingerprint density at radius 2 is 1.60 bits per heavy atom. The van der Waals surface area contributed by atoms with Gasteiger partial charge in [-0.3, -0.25) is 14.2 Å². The fourth-order valence-corrected chi connectivity index (χ4v) is 4.42. The number of nitrogens with one attached hydrogen (secondary N) is 1. The van der Waals surface area contributed by atoms with Gasteiger partial charge in [-0.05, 0) is 54.1 Å². The third-order valence-corrected chi connectivity index (χ3v) is 6.40. The zero-order valence-electron chi connectivity index (χ0n) is 22.3. The minimum absolute atomic E-state index is 0.0446. The van der Waals surface area contributed by atoms with Crippen LogP contribution in [0.1, 0.15) is 12.5 Å². The monoisotopic (exact) mass is 561 g/mol. The summed E-state index contributed by atoms with van der Waals surface area (Å²) in [5.41, 5.74) is 4.76. The molecule has 4 rings (SSSR count). The predicted molar refractivity (Wildman–Crippen MR) is 151 cm³/mol. The van der Waals surface area contributed by atoms with Gasteiger partial charge in [0.25, 0.3) is 5.91 Å². The van der Waals surface area contributed by atoms with Crippen LogP contribution >= 0.6 is 11.8 Å². The second-order valence-corrected chi connectivity index (χ2v) is 9.08. The Hall–Kier alpha value is -4.84. The van der Waals surface area contributed by atoms with Gasteiger partial charge >= 0.3 is 5.97 Å². The highest BCUT2D eigenvalue weighted by Gasteiger charge is 2.19. The average molecular weight is 562 g/mol. The molecule has 206 valence electrons. The van der Waals surface area contributed by atoms with E-state index >= 15 is 0 Å². The molecule has 0 unspecified atom stereocenters. The molecule has 4 aromatic rings. The SMILES string of the molecule is COc1ccc(-c2nnc(SCC(=O)N/N=C\c3ccc(OC(C)=O)c(OC)c3)n2-c2ccccc2)cc1OC. The standard InChI is InChI=1S/C28H27N5O6S/c1-18(34)39-23-12-10-19(14-24(23)37-3)16-29-30-26(35)17-40-28-32-31-27(33(28)21-8-6-5-7-9-21)20-11-13-22(36-2)25(15-20)38-4/h5-16H,17H2,1-4H3,(H,30,35)/b29-16-. The Labute approximate surface area is 235 Å². The number of hydrazone groups is 1. The summed E-state index contributed by atoms with van der Waals surface area (Å²) in [6.45, 7) is 1.31. The first kappa shape index (κ1) is 28.2. The van der Waals surface area contributed by atoms with Crippen LogP contribution in [0.4, 0.5) is 0 Å². The van der Waals surface area contributed by atoms with Crippen molar-refractivity contribution in [2.75, 3.05) is 27.1 Å². The summed E-state index contributed by atoms with van der Waals surface area (Å²) in [6.07, 6.45) is 1.46. The van der Waals surface area contributed by atoms with E-state index in [0.29, 0.717) is 39.5 Å². The van der Waals surface area contributed by atoms with Crippen LogP contribution in [0.2, 0.25) is 0 Å². The number of rotatable bonds is 11. The van der Waals surface area contributed by atoms with Crippen molar-refractivity contribution in [2.45, 2.75) is 12.1 Å². The molecule has 0 saturated heterocycles. The molecule has 0 atom stereocenters. The van der Waals surface area contributed by atoms with Gasteiger partial charge in [-0.2, -0.15) is 5.10 Å². The van der Waals surface area contributed by atoms with Crippen LogP contribution in [0.15, 0.2) is 77.0 Å². The van der Waals surface area contributed by atoms with Gasteiger partial charge in [-0.25, -0.2) is 5.43 Å². The number of thioether (sulfide) groups is 1. The second-order valence-electron chi connectivity index (χ2n) is 8.13. The summed E-state index contributed by atoms with van der Waals surface area (Å²) >= 11 is 1.22. The number of methoxy groups -OCH3 is 3. The molecule has 0 aliphatic heterocycles. The number of carbonyl (C=O) groups excluding carboxylic acids is 2. The van der Waals surface area contributed by atoms with Crippen LogP contribution in [-0.2, 0) is 9.59 Å². The van der Waals surface area contributed by atoms with Crippen molar-refractivity contribution >= 4 is 29.9 Å². The number of carbonyl (C=O) groups is 2. The van der Waals surface area contributed by atoms with E-state index in [1.807, 2.05) is 47.0 Å². The van der Waals surface area contributed by atoms with E-state index in [0.717, 1.165) is 11.3 Å². The summed E-state index contributed by atoms with van der Waals surface area (Å²) in [4.78, 5) is 23.8. The molecule has 0 saturated carbocycles. The fourth-order valence-electron chi connectivity index (χ4n) is 3.68. The Morgan fingerprint density at radius 3 is 2.30 bits per heavy atom. The van der Waals surface area contributed by atoms with Crippen molar-refractivity contribution in [3.63, 3.8) is 0 Å². The third kappa shape index (κ3) is 6.77. The fraction of sp³-hybridized carbons (Fsp3) is 0.179. The molecule has 1 heterocycles. The molecule has 12 heteroatoms. The number of para-hydroxylation sites is 1. The summed E-state index contributed by atoms with van der Waals surface area (Å²) in [7, 11) is 4.61. The lowest BCUT2D eigenvalue weighted by molar-refractivity contribution is -0.132. The molecule has 0 fully saturated rings. The van der Waals surface area contributed by atoms with E-state index in [4.69, 9.17) is 18.9 Å². The Balaban J connectivity index is 1.48.